The second-order valence-corrected chi connectivity index (χ2v) is 11.8. The van der Waals surface area contributed by atoms with E-state index in [4.69, 9.17) is 9.47 Å². The lowest BCUT2D eigenvalue weighted by molar-refractivity contribution is 0.00904. The number of aromatic nitrogens is 2. The Morgan fingerprint density at radius 1 is 1.08 bits per heavy atom. The Balaban J connectivity index is 1.41. The number of benzene rings is 1. The topological polar surface area (TPSA) is 100 Å². The lowest BCUT2D eigenvalue weighted by Crippen LogP contribution is -2.51. The number of piperazine rings is 1. The SMILES string of the molecule is CC(C)CC(c1ccc([C@H](C)Nc2ncc3c(n2)N(C)C(=O)OC3)cc1)N1CCN(C(=O)OC(C)(C)C)CC1. The summed E-state index contributed by atoms with van der Waals surface area (Å²) in [4.78, 5) is 39.0. The van der Waals surface area contributed by atoms with Gasteiger partial charge in [0.25, 0.3) is 0 Å². The summed E-state index contributed by atoms with van der Waals surface area (Å²) in [5, 5.41) is 3.36. The summed E-state index contributed by atoms with van der Waals surface area (Å²) in [7, 11) is 1.64. The number of amides is 2. The van der Waals surface area contributed by atoms with E-state index in [0.717, 1.165) is 30.6 Å². The number of cyclic esters (lactones) is 1. The fraction of sp³-hybridized carbons (Fsp3) is 0.586. The Bertz CT molecular complexity index is 1160. The van der Waals surface area contributed by atoms with Crippen LogP contribution in [0.2, 0.25) is 0 Å². The molecule has 0 bridgehead atoms. The van der Waals surface area contributed by atoms with Gasteiger partial charge in [-0.25, -0.2) is 14.6 Å². The van der Waals surface area contributed by atoms with Crippen molar-refractivity contribution in [1.82, 2.24) is 19.8 Å². The smallest absolute Gasteiger partial charge is 0.415 e. The molecular weight excluding hydrogens is 496 g/mol. The molecule has 1 fully saturated rings. The van der Waals surface area contributed by atoms with Crippen molar-refractivity contribution in [2.75, 3.05) is 43.4 Å². The molecule has 1 aromatic heterocycles. The third-order valence-electron chi connectivity index (χ3n) is 7.05. The third-order valence-corrected chi connectivity index (χ3v) is 7.05. The molecule has 2 aliphatic rings. The number of hydrogen-bond acceptors (Lipinski definition) is 8. The van der Waals surface area contributed by atoms with E-state index < -0.39 is 11.7 Å². The van der Waals surface area contributed by atoms with Crippen LogP contribution in [0.4, 0.5) is 21.4 Å². The van der Waals surface area contributed by atoms with Gasteiger partial charge in [-0.3, -0.25) is 9.80 Å². The van der Waals surface area contributed by atoms with E-state index in [0.29, 0.717) is 30.8 Å². The van der Waals surface area contributed by atoms with Gasteiger partial charge < -0.3 is 19.7 Å². The second kappa shape index (κ2) is 11.8. The molecule has 0 radical (unpaired) electrons. The van der Waals surface area contributed by atoms with Crippen molar-refractivity contribution in [3.8, 4) is 0 Å². The average Bonchev–Trinajstić information content (AvgIpc) is 2.89. The molecule has 4 rings (SSSR count). The van der Waals surface area contributed by atoms with Crippen LogP contribution in [-0.2, 0) is 16.1 Å². The zero-order valence-corrected chi connectivity index (χ0v) is 24.2. The van der Waals surface area contributed by atoms with Crippen LogP contribution in [-0.4, -0.2) is 70.8 Å². The number of carbonyl (C=O) groups excluding carboxylic acids is 2. The van der Waals surface area contributed by atoms with Crippen LogP contribution in [0, 0.1) is 5.92 Å². The van der Waals surface area contributed by atoms with Crippen LogP contribution in [0.15, 0.2) is 30.5 Å². The molecule has 212 valence electrons. The third kappa shape index (κ3) is 7.17. The summed E-state index contributed by atoms with van der Waals surface area (Å²) in [5.74, 6) is 1.57. The number of anilines is 2. The van der Waals surface area contributed by atoms with E-state index in [2.05, 4.69) is 65.2 Å². The van der Waals surface area contributed by atoms with Gasteiger partial charge in [-0.05, 0) is 51.2 Å². The number of rotatable bonds is 7. The normalized spacial score (nSPS) is 17.9. The standard InChI is InChI=1S/C29H42N6O4/c1-19(2)16-24(34-12-14-35(15-13-34)28(37)39-29(4,5)6)22-10-8-21(9-11-22)20(3)31-26-30-17-23-18-38-27(36)33(7)25(23)32-26/h8-11,17,19-20,24H,12-16,18H2,1-7H3,(H,30,31,32)/t20-,24?/m0/s1. The quantitative estimate of drug-likeness (QED) is 0.502. The largest absolute Gasteiger partial charge is 0.444 e. The molecule has 0 saturated carbocycles. The molecule has 3 heterocycles. The average molecular weight is 539 g/mol. The lowest BCUT2D eigenvalue weighted by atomic mass is 9.93. The number of hydrogen-bond donors (Lipinski definition) is 1. The van der Waals surface area contributed by atoms with Gasteiger partial charge in [-0.15, -0.1) is 0 Å². The highest BCUT2D eigenvalue weighted by atomic mass is 16.6. The monoisotopic (exact) mass is 538 g/mol. The number of nitrogens with one attached hydrogen (secondary N) is 1. The van der Waals surface area contributed by atoms with E-state index in [1.807, 2.05) is 25.7 Å². The maximum atomic E-state index is 12.5. The van der Waals surface area contributed by atoms with Gasteiger partial charge in [0.05, 0.1) is 11.6 Å². The Morgan fingerprint density at radius 2 is 1.72 bits per heavy atom. The molecule has 10 nitrogen and oxygen atoms in total. The summed E-state index contributed by atoms with van der Waals surface area (Å²) in [6.07, 6.45) is 2.09. The highest BCUT2D eigenvalue weighted by molar-refractivity contribution is 5.88. The second-order valence-electron chi connectivity index (χ2n) is 11.8. The maximum absolute atomic E-state index is 12.5. The lowest BCUT2D eigenvalue weighted by Gasteiger charge is -2.40. The molecule has 1 saturated heterocycles. The first kappa shape index (κ1) is 28.6. The minimum Gasteiger partial charge on any atom is -0.444 e. The molecule has 1 aromatic carbocycles. The van der Waals surface area contributed by atoms with Crippen molar-refractivity contribution in [2.45, 2.75) is 72.3 Å². The minimum absolute atomic E-state index is 0.0288. The summed E-state index contributed by atoms with van der Waals surface area (Å²) in [5.41, 5.74) is 2.68. The van der Waals surface area contributed by atoms with Crippen LogP contribution >= 0.6 is 0 Å². The van der Waals surface area contributed by atoms with Crippen LogP contribution in [0.5, 0.6) is 0 Å². The van der Waals surface area contributed by atoms with Gasteiger partial charge in [-0.1, -0.05) is 38.1 Å². The molecule has 10 heteroatoms. The Kier molecular flexibility index (Phi) is 8.64. The Hall–Kier alpha value is -3.40. The maximum Gasteiger partial charge on any atom is 0.415 e. The van der Waals surface area contributed by atoms with E-state index in [1.54, 1.807) is 13.2 Å². The molecule has 2 aliphatic heterocycles. The summed E-state index contributed by atoms with van der Waals surface area (Å²) < 4.78 is 10.7. The highest BCUT2D eigenvalue weighted by Crippen LogP contribution is 2.31. The molecular formula is C29H42N6O4. The first-order valence-corrected chi connectivity index (χ1v) is 13.8. The molecule has 0 spiro atoms. The van der Waals surface area contributed by atoms with Gasteiger partial charge in [0, 0.05) is 45.5 Å². The molecule has 2 atom stereocenters. The van der Waals surface area contributed by atoms with E-state index in [1.165, 1.54) is 10.5 Å². The molecule has 39 heavy (non-hydrogen) atoms. The summed E-state index contributed by atoms with van der Waals surface area (Å²) in [6.45, 7) is 15.4. The summed E-state index contributed by atoms with van der Waals surface area (Å²) >= 11 is 0. The minimum atomic E-state index is -0.488. The first-order valence-electron chi connectivity index (χ1n) is 13.8. The Morgan fingerprint density at radius 3 is 2.33 bits per heavy atom. The molecule has 1 N–H and O–H groups in total. The predicted molar refractivity (Wildman–Crippen MR) is 151 cm³/mol. The Labute approximate surface area is 231 Å². The predicted octanol–water partition coefficient (Wildman–Crippen LogP) is 5.38. The van der Waals surface area contributed by atoms with Gasteiger partial charge in [-0.2, -0.15) is 4.98 Å². The van der Waals surface area contributed by atoms with Crippen molar-refractivity contribution in [3.05, 3.63) is 47.2 Å². The van der Waals surface area contributed by atoms with Gasteiger partial charge in [0.1, 0.15) is 18.0 Å². The number of ether oxygens (including phenoxy) is 2. The van der Waals surface area contributed by atoms with Gasteiger partial charge >= 0.3 is 12.2 Å². The van der Waals surface area contributed by atoms with Crippen LogP contribution < -0.4 is 10.2 Å². The molecule has 0 aliphatic carbocycles. The molecule has 2 amide bonds. The number of fused-ring (bicyclic) bond motifs is 1. The van der Waals surface area contributed by atoms with E-state index >= 15 is 0 Å². The van der Waals surface area contributed by atoms with Gasteiger partial charge in [0.2, 0.25) is 5.95 Å². The van der Waals surface area contributed by atoms with E-state index in [-0.39, 0.29) is 24.8 Å². The van der Waals surface area contributed by atoms with Crippen molar-refractivity contribution in [3.63, 3.8) is 0 Å². The molecule has 1 unspecified atom stereocenters. The van der Waals surface area contributed by atoms with Crippen molar-refractivity contribution < 1.29 is 19.1 Å². The van der Waals surface area contributed by atoms with Crippen LogP contribution in [0.25, 0.3) is 0 Å². The van der Waals surface area contributed by atoms with Crippen molar-refractivity contribution in [2.24, 2.45) is 5.92 Å². The number of nitrogens with zero attached hydrogens (tertiary/aromatic N) is 5. The van der Waals surface area contributed by atoms with Crippen LogP contribution in [0.3, 0.4) is 0 Å². The summed E-state index contributed by atoms with van der Waals surface area (Å²) in [6, 6.07) is 8.97. The van der Waals surface area contributed by atoms with Crippen molar-refractivity contribution in [1.29, 1.82) is 0 Å². The number of carbonyl (C=O) groups is 2. The van der Waals surface area contributed by atoms with Gasteiger partial charge in [0.15, 0.2) is 0 Å². The van der Waals surface area contributed by atoms with Crippen molar-refractivity contribution >= 4 is 24.0 Å². The highest BCUT2D eigenvalue weighted by Gasteiger charge is 2.30. The fourth-order valence-corrected chi connectivity index (χ4v) is 4.95. The van der Waals surface area contributed by atoms with E-state index in [9.17, 15) is 9.59 Å². The van der Waals surface area contributed by atoms with Crippen LogP contribution in [0.1, 0.15) is 76.7 Å². The first-order chi connectivity index (χ1) is 18.4. The fourth-order valence-electron chi connectivity index (χ4n) is 4.95. The zero-order valence-electron chi connectivity index (χ0n) is 24.2. The zero-order chi connectivity index (χ0) is 28.3. The molecule has 2 aromatic rings.